The van der Waals surface area contributed by atoms with Crippen molar-refractivity contribution in [2.24, 2.45) is 0 Å². The fourth-order valence-electron chi connectivity index (χ4n) is 1.67. The summed E-state index contributed by atoms with van der Waals surface area (Å²) in [6.45, 7) is 0.0142. The van der Waals surface area contributed by atoms with Gasteiger partial charge in [-0.05, 0) is 0 Å². The Labute approximate surface area is 108 Å². The summed E-state index contributed by atoms with van der Waals surface area (Å²) in [7, 11) is 2.93. The predicted molar refractivity (Wildman–Crippen MR) is 64.1 cm³/mol. The van der Waals surface area contributed by atoms with Crippen LogP contribution in [0.2, 0.25) is 0 Å². The van der Waals surface area contributed by atoms with Crippen molar-refractivity contribution in [3.63, 3.8) is 0 Å². The minimum Gasteiger partial charge on any atom is -0.467 e. The van der Waals surface area contributed by atoms with E-state index in [0.717, 1.165) is 0 Å². The second kappa shape index (κ2) is 4.69. The van der Waals surface area contributed by atoms with E-state index in [0.29, 0.717) is 5.69 Å². The fraction of sp³-hybridized carbons (Fsp3) is 0.444. The Morgan fingerprint density at radius 1 is 1.44 bits per heavy atom. The van der Waals surface area contributed by atoms with Crippen LogP contribution in [0.25, 0.3) is 0 Å². The van der Waals surface area contributed by atoms with Gasteiger partial charge in [0.1, 0.15) is 5.25 Å². The Morgan fingerprint density at radius 2 is 2.06 bits per heavy atom. The van der Waals surface area contributed by atoms with Gasteiger partial charge in [-0.3, -0.25) is 4.79 Å². The lowest BCUT2D eigenvalue weighted by Gasteiger charge is -2.15. The van der Waals surface area contributed by atoms with Crippen LogP contribution in [-0.2, 0) is 13.8 Å². The summed E-state index contributed by atoms with van der Waals surface area (Å²) >= 11 is 0. The number of hydrogen-bond donors (Lipinski definition) is 0. The molecule has 2 heterocycles. The highest BCUT2D eigenvalue weighted by Crippen LogP contribution is 2.26. The average Bonchev–Trinajstić information content (AvgIpc) is 2.71. The molecule has 0 aromatic carbocycles. The molecule has 1 aliphatic heterocycles. The Balaban J connectivity index is 2.21. The number of nitrogens with zero attached hydrogens (tertiary/aromatic N) is 3. The molecule has 1 amide bonds. The van der Waals surface area contributed by atoms with Gasteiger partial charge in [0.25, 0.3) is 0 Å². The van der Waals surface area contributed by atoms with Gasteiger partial charge in [0.15, 0.2) is 0 Å². The zero-order valence-corrected chi connectivity index (χ0v) is 11.0. The first-order valence-corrected chi connectivity index (χ1v) is 7.39. The van der Waals surface area contributed by atoms with Crippen LogP contribution in [0.4, 0.5) is 5.69 Å². The third kappa shape index (κ3) is 2.54. The van der Waals surface area contributed by atoms with Crippen LogP contribution in [-0.4, -0.2) is 43.2 Å². The fourth-order valence-corrected chi connectivity index (χ4v) is 2.69. The monoisotopic (exact) mass is 291 g/mol. The van der Waals surface area contributed by atoms with E-state index in [4.69, 9.17) is 15.4 Å². The molecule has 0 N–H and O–H groups in total. The predicted octanol–water partition coefficient (Wildman–Crippen LogP) is 0.159. The lowest BCUT2D eigenvalue weighted by atomic mass is 10.4. The minimum absolute atomic E-state index is 0.0142. The van der Waals surface area contributed by atoms with Crippen LogP contribution in [0.1, 0.15) is 6.42 Å². The van der Waals surface area contributed by atoms with Crippen LogP contribution in [0.5, 0.6) is 6.01 Å². The summed E-state index contributed by atoms with van der Waals surface area (Å²) in [5.41, 5.74) is 0.420. The maximum atomic E-state index is 11.7. The van der Waals surface area contributed by atoms with Gasteiger partial charge >= 0.3 is 6.01 Å². The number of hydrogen-bond acceptors (Lipinski definition) is 6. The molecule has 0 radical (unpaired) electrons. The van der Waals surface area contributed by atoms with Gasteiger partial charge in [-0.1, -0.05) is 0 Å². The molecule has 1 unspecified atom stereocenters. The SMILES string of the molecule is COc1ncc(N2CC(S(=O)(=O)Cl)CC2=O)cn1. The number of ether oxygens (including phenoxy) is 1. The first kappa shape index (κ1) is 13.0. The molecule has 7 nitrogen and oxygen atoms in total. The summed E-state index contributed by atoms with van der Waals surface area (Å²) in [6.07, 6.45) is 2.66. The number of halogens is 1. The molecule has 1 aromatic rings. The molecular formula is C9H10ClN3O4S. The summed E-state index contributed by atoms with van der Waals surface area (Å²) < 4.78 is 27.2. The number of carbonyl (C=O) groups is 1. The molecule has 18 heavy (non-hydrogen) atoms. The average molecular weight is 292 g/mol. The molecule has 0 bridgehead atoms. The van der Waals surface area contributed by atoms with E-state index in [2.05, 4.69) is 9.97 Å². The van der Waals surface area contributed by atoms with Crippen LogP contribution < -0.4 is 9.64 Å². The molecule has 98 valence electrons. The topological polar surface area (TPSA) is 89.5 Å². The van der Waals surface area contributed by atoms with Crippen molar-refractivity contribution in [3.8, 4) is 6.01 Å². The van der Waals surface area contributed by atoms with Crippen molar-refractivity contribution < 1.29 is 17.9 Å². The first-order chi connectivity index (χ1) is 8.41. The highest BCUT2D eigenvalue weighted by Gasteiger charge is 2.38. The van der Waals surface area contributed by atoms with Crippen molar-refractivity contribution in [3.05, 3.63) is 12.4 Å². The van der Waals surface area contributed by atoms with Crippen LogP contribution in [0.15, 0.2) is 12.4 Å². The van der Waals surface area contributed by atoms with Crippen molar-refractivity contribution in [1.29, 1.82) is 0 Å². The van der Waals surface area contributed by atoms with E-state index < -0.39 is 14.3 Å². The van der Waals surface area contributed by atoms with Crippen molar-refractivity contribution in [1.82, 2.24) is 9.97 Å². The van der Waals surface area contributed by atoms with E-state index >= 15 is 0 Å². The molecule has 0 saturated carbocycles. The van der Waals surface area contributed by atoms with Crippen LogP contribution >= 0.6 is 10.7 Å². The lowest BCUT2D eigenvalue weighted by molar-refractivity contribution is -0.117. The number of anilines is 1. The normalized spacial score (nSPS) is 20.2. The molecule has 2 rings (SSSR count). The standard InChI is InChI=1S/C9H10ClN3O4S/c1-17-9-11-3-6(4-12-9)13-5-7(2-8(13)14)18(10,15)16/h3-4,7H,2,5H2,1H3. The van der Waals surface area contributed by atoms with E-state index in [1.54, 1.807) is 0 Å². The number of carbonyl (C=O) groups excluding carboxylic acids is 1. The number of aromatic nitrogens is 2. The zero-order chi connectivity index (χ0) is 13.3. The number of amides is 1. The minimum atomic E-state index is -3.74. The van der Waals surface area contributed by atoms with Gasteiger partial charge in [-0.2, -0.15) is 0 Å². The van der Waals surface area contributed by atoms with E-state index in [1.807, 2.05) is 0 Å². The smallest absolute Gasteiger partial charge is 0.316 e. The third-order valence-corrected chi connectivity index (χ3v) is 4.46. The van der Waals surface area contributed by atoms with Gasteiger partial charge in [-0.25, -0.2) is 18.4 Å². The quantitative estimate of drug-likeness (QED) is 0.737. The number of methoxy groups -OCH3 is 1. The van der Waals surface area contributed by atoms with Gasteiger partial charge in [0, 0.05) is 23.6 Å². The number of rotatable bonds is 3. The van der Waals surface area contributed by atoms with E-state index in [1.165, 1.54) is 24.4 Å². The maximum Gasteiger partial charge on any atom is 0.316 e. The molecule has 0 aliphatic carbocycles. The molecule has 1 aliphatic rings. The Morgan fingerprint density at radius 3 is 2.50 bits per heavy atom. The van der Waals surface area contributed by atoms with Gasteiger partial charge in [-0.15, -0.1) is 0 Å². The third-order valence-electron chi connectivity index (χ3n) is 2.60. The van der Waals surface area contributed by atoms with Crippen molar-refractivity contribution >= 4 is 31.3 Å². The van der Waals surface area contributed by atoms with Crippen molar-refractivity contribution in [2.75, 3.05) is 18.6 Å². The second-order valence-electron chi connectivity index (χ2n) is 3.73. The molecule has 1 fully saturated rings. The summed E-state index contributed by atoms with van der Waals surface area (Å²) in [5, 5.41) is -0.895. The largest absolute Gasteiger partial charge is 0.467 e. The second-order valence-corrected chi connectivity index (χ2v) is 6.64. The highest BCUT2D eigenvalue weighted by atomic mass is 35.7. The first-order valence-electron chi connectivity index (χ1n) is 5.01. The van der Waals surface area contributed by atoms with Gasteiger partial charge < -0.3 is 9.64 Å². The zero-order valence-electron chi connectivity index (χ0n) is 9.41. The van der Waals surface area contributed by atoms with Gasteiger partial charge in [0.2, 0.25) is 15.0 Å². The van der Waals surface area contributed by atoms with E-state index in [9.17, 15) is 13.2 Å². The summed E-state index contributed by atoms with van der Waals surface area (Å²) in [5.74, 6) is -0.321. The van der Waals surface area contributed by atoms with Crippen molar-refractivity contribution in [2.45, 2.75) is 11.7 Å². The Hall–Kier alpha value is -1.41. The molecule has 1 aromatic heterocycles. The molecule has 9 heteroatoms. The highest BCUT2D eigenvalue weighted by molar-refractivity contribution is 8.14. The molecule has 0 spiro atoms. The molecule has 1 atom stereocenters. The maximum absolute atomic E-state index is 11.7. The van der Waals surface area contributed by atoms with Crippen LogP contribution in [0, 0.1) is 0 Å². The molecular weight excluding hydrogens is 282 g/mol. The summed E-state index contributed by atoms with van der Waals surface area (Å²) in [4.78, 5) is 20.7. The molecule has 1 saturated heterocycles. The van der Waals surface area contributed by atoms with Gasteiger partial charge in [0.05, 0.1) is 25.2 Å². The lowest BCUT2D eigenvalue weighted by Crippen LogP contribution is -2.26. The Kier molecular flexibility index (Phi) is 3.40. The Bertz CT molecular complexity index is 560. The summed E-state index contributed by atoms with van der Waals surface area (Å²) in [6, 6.07) is 0.173. The van der Waals surface area contributed by atoms with Crippen LogP contribution in [0.3, 0.4) is 0 Å². The van der Waals surface area contributed by atoms with E-state index in [-0.39, 0.29) is 24.9 Å².